The van der Waals surface area contributed by atoms with Crippen LogP contribution in [0.2, 0.25) is 0 Å². The van der Waals surface area contributed by atoms with E-state index in [1.807, 2.05) is 20.8 Å². The van der Waals surface area contributed by atoms with Crippen LogP contribution in [0.25, 0.3) is 0 Å². The van der Waals surface area contributed by atoms with Gasteiger partial charge in [0.25, 0.3) is 0 Å². The molecule has 1 heterocycles. The average molecular weight is 255 g/mol. The second kappa shape index (κ2) is 4.70. The Bertz CT molecular complexity index is 430. The number of hydrogen-bond acceptors (Lipinski definition) is 5. The lowest BCUT2D eigenvalue weighted by molar-refractivity contribution is -0.160. The fourth-order valence-electron chi connectivity index (χ4n) is 1.10. The monoisotopic (exact) mass is 255 g/mol. The van der Waals surface area contributed by atoms with E-state index in [1.165, 1.54) is 7.05 Å². The SMILES string of the molecule is CN(O)C(C)(C)C(=O)Nc1cc(C(C)(C)C)on1. The van der Waals surface area contributed by atoms with E-state index >= 15 is 0 Å². The normalized spacial score (nSPS) is 12.9. The van der Waals surface area contributed by atoms with Crippen LogP contribution in [0.4, 0.5) is 5.82 Å². The van der Waals surface area contributed by atoms with Crippen molar-refractivity contribution in [2.24, 2.45) is 0 Å². The first-order valence-electron chi connectivity index (χ1n) is 5.76. The maximum Gasteiger partial charge on any atom is 0.247 e. The molecule has 0 bridgehead atoms. The van der Waals surface area contributed by atoms with Crippen molar-refractivity contribution < 1.29 is 14.5 Å². The highest BCUT2D eigenvalue weighted by Gasteiger charge is 2.32. The molecule has 1 aromatic heterocycles. The number of likely N-dealkylation sites (N-methyl/N-ethyl adjacent to an activating group) is 1. The number of carbonyl (C=O) groups excluding carboxylic acids is 1. The minimum Gasteiger partial charge on any atom is -0.359 e. The number of amides is 1. The zero-order valence-corrected chi connectivity index (χ0v) is 11.7. The van der Waals surface area contributed by atoms with Crippen molar-refractivity contribution in [3.8, 4) is 0 Å². The van der Waals surface area contributed by atoms with Gasteiger partial charge in [0.15, 0.2) is 5.82 Å². The van der Waals surface area contributed by atoms with Gasteiger partial charge in [-0.25, -0.2) is 0 Å². The predicted molar refractivity (Wildman–Crippen MR) is 67.5 cm³/mol. The molecule has 0 spiro atoms. The van der Waals surface area contributed by atoms with Crippen molar-refractivity contribution in [2.45, 2.75) is 45.6 Å². The molecular formula is C12H21N3O3. The van der Waals surface area contributed by atoms with E-state index in [2.05, 4.69) is 10.5 Å². The van der Waals surface area contributed by atoms with Crippen LogP contribution in [0.1, 0.15) is 40.4 Å². The summed E-state index contributed by atoms with van der Waals surface area (Å²) in [6, 6.07) is 1.69. The molecule has 1 amide bonds. The Morgan fingerprint density at radius 3 is 2.33 bits per heavy atom. The Labute approximate surface area is 107 Å². The molecule has 0 aliphatic rings. The standard InChI is InChI=1S/C12H21N3O3/c1-11(2,3)8-7-9(14-18-8)13-10(16)12(4,5)15(6)17/h7,17H,1-6H3,(H,13,14,16). The second-order valence-corrected chi connectivity index (χ2v) is 5.86. The van der Waals surface area contributed by atoms with Gasteiger partial charge in [-0.3, -0.25) is 4.79 Å². The lowest BCUT2D eigenvalue weighted by Crippen LogP contribution is -2.49. The molecule has 6 heteroatoms. The van der Waals surface area contributed by atoms with Crippen LogP contribution < -0.4 is 5.32 Å². The van der Waals surface area contributed by atoms with E-state index in [0.717, 1.165) is 5.06 Å². The van der Waals surface area contributed by atoms with Gasteiger partial charge in [0.2, 0.25) is 5.91 Å². The first-order chi connectivity index (χ1) is 8.05. The quantitative estimate of drug-likeness (QED) is 0.808. The Kier molecular flexibility index (Phi) is 3.83. The van der Waals surface area contributed by atoms with E-state index in [1.54, 1.807) is 19.9 Å². The summed E-state index contributed by atoms with van der Waals surface area (Å²) in [5, 5.41) is 16.6. The summed E-state index contributed by atoms with van der Waals surface area (Å²) in [7, 11) is 1.42. The van der Waals surface area contributed by atoms with Gasteiger partial charge in [0.05, 0.1) is 0 Å². The molecule has 1 rings (SSSR count). The largest absolute Gasteiger partial charge is 0.359 e. The molecular weight excluding hydrogens is 234 g/mol. The van der Waals surface area contributed by atoms with Crippen molar-refractivity contribution in [1.82, 2.24) is 10.2 Å². The lowest BCUT2D eigenvalue weighted by Gasteiger charge is -2.28. The van der Waals surface area contributed by atoms with Crippen LogP contribution in [0.5, 0.6) is 0 Å². The summed E-state index contributed by atoms with van der Waals surface area (Å²) < 4.78 is 5.16. The molecule has 0 saturated carbocycles. The molecule has 102 valence electrons. The zero-order chi connectivity index (χ0) is 14.1. The molecule has 1 aromatic rings. The number of nitrogens with zero attached hydrogens (tertiary/aromatic N) is 2. The van der Waals surface area contributed by atoms with E-state index in [9.17, 15) is 10.0 Å². The minimum atomic E-state index is -1.04. The molecule has 0 fully saturated rings. The maximum atomic E-state index is 11.9. The summed E-state index contributed by atoms with van der Waals surface area (Å²) in [5.41, 5.74) is -1.21. The molecule has 0 radical (unpaired) electrons. The van der Waals surface area contributed by atoms with Gasteiger partial charge < -0.3 is 15.0 Å². The third-order valence-corrected chi connectivity index (χ3v) is 2.86. The Morgan fingerprint density at radius 2 is 1.94 bits per heavy atom. The number of anilines is 1. The number of carbonyl (C=O) groups is 1. The van der Waals surface area contributed by atoms with E-state index < -0.39 is 5.54 Å². The summed E-state index contributed by atoms with van der Waals surface area (Å²) in [6.07, 6.45) is 0. The third kappa shape index (κ3) is 3.08. The van der Waals surface area contributed by atoms with Crippen LogP contribution in [0, 0.1) is 0 Å². The van der Waals surface area contributed by atoms with Gasteiger partial charge in [0, 0.05) is 18.5 Å². The Balaban J connectivity index is 2.81. The van der Waals surface area contributed by atoms with E-state index in [0.29, 0.717) is 11.6 Å². The lowest BCUT2D eigenvalue weighted by atomic mass is 9.93. The van der Waals surface area contributed by atoms with E-state index in [-0.39, 0.29) is 11.3 Å². The third-order valence-electron chi connectivity index (χ3n) is 2.86. The van der Waals surface area contributed by atoms with Crippen molar-refractivity contribution >= 4 is 11.7 Å². The number of aromatic nitrogens is 1. The van der Waals surface area contributed by atoms with Gasteiger partial charge in [-0.05, 0) is 13.8 Å². The summed E-state index contributed by atoms with van der Waals surface area (Å²) in [6.45, 7) is 9.18. The molecule has 6 nitrogen and oxygen atoms in total. The van der Waals surface area contributed by atoms with E-state index in [4.69, 9.17) is 4.52 Å². The molecule has 0 aliphatic carbocycles. The molecule has 2 N–H and O–H groups in total. The smallest absolute Gasteiger partial charge is 0.247 e. The molecule has 18 heavy (non-hydrogen) atoms. The highest BCUT2D eigenvalue weighted by molar-refractivity contribution is 5.96. The van der Waals surface area contributed by atoms with Crippen LogP contribution >= 0.6 is 0 Å². The fraction of sp³-hybridized carbons (Fsp3) is 0.667. The molecule has 0 unspecified atom stereocenters. The molecule has 0 aliphatic heterocycles. The highest BCUT2D eigenvalue weighted by Crippen LogP contribution is 2.25. The molecule has 0 atom stereocenters. The topological polar surface area (TPSA) is 78.6 Å². The zero-order valence-electron chi connectivity index (χ0n) is 11.7. The number of nitrogens with one attached hydrogen (secondary N) is 1. The molecule has 0 saturated heterocycles. The number of hydroxylamine groups is 2. The highest BCUT2D eigenvalue weighted by atomic mass is 16.5. The second-order valence-electron chi connectivity index (χ2n) is 5.86. The maximum absolute atomic E-state index is 11.9. The Hall–Kier alpha value is -1.40. The van der Waals surface area contributed by atoms with Crippen LogP contribution in [0.3, 0.4) is 0 Å². The predicted octanol–water partition coefficient (Wildman–Crippen LogP) is 2.01. The van der Waals surface area contributed by atoms with Crippen molar-refractivity contribution in [2.75, 3.05) is 12.4 Å². The van der Waals surface area contributed by atoms with Crippen LogP contribution in [-0.2, 0) is 10.2 Å². The Morgan fingerprint density at radius 1 is 1.39 bits per heavy atom. The van der Waals surface area contributed by atoms with Crippen molar-refractivity contribution in [1.29, 1.82) is 0 Å². The van der Waals surface area contributed by atoms with Gasteiger partial charge >= 0.3 is 0 Å². The fourth-order valence-corrected chi connectivity index (χ4v) is 1.10. The van der Waals surface area contributed by atoms with Gasteiger partial charge in [-0.2, -0.15) is 5.06 Å². The van der Waals surface area contributed by atoms with Gasteiger partial charge in [0.1, 0.15) is 11.3 Å². The van der Waals surface area contributed by atoms with Crippen molar-refractivity contribution in [3.05, 3.63) is 11.8 Å². The van der Waals surface area contributed by atoms with Gasteiger partial charge in [-0.15, -0.1) is 0 Å². The first-order valence-corrected chi connectivity index (χ1v) is 5.76. The number of hydrogen-bond donors (Lipinski definition) is 2. The van der Waals surface area contributed by atoms with Crippen molar-refractivity contribution in [3.63, 3.8) is 0 Å². The summed E-state index contributed by atoms with van der Waals surface area (Å²) in [5.74, 6) is 0.675. The van der Waals surface area contributed by atoms with Crippen LogP contribution in [-0.4, -0.2) is 33.9 Å². The van der Waals surface area contributed by atoms with Crippen LogP contribution in [0.15, 0.2) is 10.6 Å². The molecule has 0 aromatic carbocycles. The average Bonchev–Trinajstić information content (AvgIpc) is 2.65. The number of rotatable bonds is 3. The first kappa shape index (κ1) is 14.7. The van der Waals surface area contributed by atoms with Gasteiger partial charge in [-0.1, -0.05) is 25.9 Å². The minimum absolute atomic E-state index is 0.167. The summed E-state index contributed by atoms with van der Waals surface area (Å²) >= 11 is 0. The summed E-state index contributed by atoms with van der Waals surface area (Å²) in [4.78, 5) is 11.9.